The SMILES string of the molecule is C=C(C)C(=O)OCCCCCCC(=O)NC. The molecule has 0 unspecified atom stereocenters. The third kappa shape index (κ3) is 8.03. The van der Waals surface area contributed by atoms with Crippen LogP contribution >= 0.6 is 0 Å². The van der Waals surface area contributed by atoms with Gasteiger partial charge in [0.05, 0.1) is 6.61 Å². The summed E-state index contributed by atoms with van der Waals surface area (Å²) >= 11 is 0. The van der Waals surface area contributed by atoms with E-state index in [9.17, 15) is 9.59 Å². The molecule has 92 valence electrons. The summed E-state index contributed by atoms with van der Waals surface area (Å²) in [6.45, 7) is 5.56. The number of carbonyl (C=O) groups is 2. The van der Waals surface area contributed by atoms with Crippen molar-refractivity contribution in [3.05, 3.63) is 12.2 Å². The third-order valence-corrected chi connectivity index (χ3v) is 2.16. The summed E-state index contributed by atoms with van der Waals surface area (Å²) in [7, 11) is 1.64. The average molecular weight is 227 g/mol. The Morgan fingerprint density at radius 1 is 1.19 bits per heavy atom. The number of ether oxygens (including phenoxy) is 1. The lowest BCUT2D eigenvalue weighted by atomic mass is 10.1. The van der Waals surface area contributed by atoms with E-state index in [4.69, 9.17) is 4.74 Å². The van der Waals surface area contributed by atoms with E-state index in [1.807, 2.05) is 0 Å². The average Bonchev–Trinajstić information content (AvgIpc) is 2.26. The van der Waals surface area contributed by atoms with Gasteiger partial charge in [-0.25, -0.2) is 4.79 Å². The normalized spacial score (nSPS) is 9.62. The van der Waals surface area contributed by atoms with Gasteiger partial charge in [0.25, 0.3) is 0 Å². The predicted molar refractivity (Wildman–Crippen MR) is 62.9 cm³/mol. The fourth-order valence-corrected chi connectivity index (χ4v) is 1.15. The minimum absolute atomic E-state index is 0.0775. The Hall–Kier alpha value is -1.32. The van der Waals surface area contributed by atoms with Gasteiger partial charge in [0.2, 0.25) is 5.91 Å². The molecule has 0 atom stereocenters. The van der Waals surface area contributed by atoms with E-state index in [2.05, 4.69) is 11.9 Å². The topological polar surface area (TPSA) is 55.4 Å². The van der Waals surface area contributed by atoms with E-state index in [-0.39, 0.29) is 11.9 Å². The Kier molecular flexibility index (Phi) is 8.21. The number of amides is 1. The second-order valence-electron chi connectivity index (χ2n) is 3.75. The summed E-state index contributed by atoms with van der Waals surface area (Å²) in [4.78, 5) is 21.9. The van der Waals surface area contributed by atoms with Crippen LogP contribution in [0.3, 0.4) is 0 Å². The van der Waals surface area contributed by atoms with Crippen molar-refractivity contribution in [2.24, 2.45) is 0 Å². The fraction of sp³-hybridized carbons (Fsp3) is 0.667. The predicted octanol–water partition coefficient (Wildman–Crippen LogP) is 1.80. The van der Waals surface area contributed by atoms with Crippen molar-refractivity contribution in [1.82, 2.24) is 5.32 Å². The van der Waals surface area contributed by atoms with E-state index in [0.29, 0.717) is 18.6 Å². The molecule has 0 aliphatic heterocycles. The highest BCUT2D eigenvalue weighted by Crippen LogP contribution is 2.03. The van der Waals surface area contributed by atoms with Crippen LogP contribution in [0.5, 0.6) is 0 Å². The van der Waals surface area contributed by atoms with Gasteiger partial charge in [-0.15, -0.1) is 0 Å². The van der Waals surface area contributed by atoms with Gasteiger partial charge in [0.15, 0.2) is 0 Å². The van der Waals surface area contributed by atoms with Crippen LogP contribution in [-0.2, 0) is 14.3 Å². The Labute approximate surface area is 97.1 Å². The van der Waals surface area contributed by atoms with Gasteiger partial charge in [0.1, 0.15) is 0 Å². The first kappa shape index (κ1) is 14.7. The van der Waals surface area contributed by atoms with Gasteiger partial charge in [0, 0.05) is 19.0 Å². The number of nitrogens with one attached hydrogen (secondary N) is 1. The van der Waals surface area contributed by atoms with Crippen LogP contribution in [0.25, 0.3) is 0 Å². The monoisotopic (exact) mass is 227 g/mol. The molecule has 16 heavy (non-hydrogen) atoms. The molecule has 4 heteroatoms. The first-order chi connectivity index (χ1) is 7.57. The zero-order chi connectivity index (χ0) is 12.4. The molecule has 1 N–H and O–H groups in total. The molecule has 0 fully saturated rings. The van der Waals surface area contributed by atoms with Crippen molar-refractivity contribution in [3.63, 3.8) is 0 Å². The summed E-state index contributed by atoms with van der Waals surface area (Å²) in [5.41, 5.74) is 0.430. The van der Waals surface area contributed by atoms with Gasteiger partial charge in [-0.3, -0.25) is 4.79 Å². The zero-order valence-electron chi connectivity index (χ0n) is 10.2. The van der Waals surface area contributed by atoms with E-state index >= 15 is 0 Å². The van der Waals surface area contributed by atoms with Crippen LogP contribution in [0.2, 0.25) is 0 Å². The van der Waals surface area contributed by atoms with Gasteiger partial charge < -0.3 is 10.1 Å². The van der Waals surface area contributed by atoms with Crippen LogP contribution in [0.1, 0.15) is 39.0 Å². The van der Waals surface area contributed by atoms with Gasteiger partial charge in [-0.1, -0.05) is 19.4 Å². The Morgan fingerprint density at radius 2 is 1.81 bits per heavy atom. The third-order valence-electron chi connectivity index (χ3n) is 2.16. The lowest BCUT2D eigenvalue weighted by Crippen LogP contribution is -2.16. The highest BCUT2D eigenvalue weighted by atomic mass is 16.5. The Morgan fingerprint density at radius 3 is 2.38 bits per heavy atom. The molecule has 0 aromatic carbocycles. The summed E-state index contributed by atoms with van der Waals surface area (Å²) < 4.78 is 4.93. The highest BCUT2D eigenvalue weighted by molar-refractivity contribution is 5.86. The van der Waals surface area contributed by atoms with Gasteiger partial charge in [-0.2, -0.15) is 0 Å². The summed E-state index contributed by atoms with van der Waals surface area (Å²) in [6, 6.07) is 0. The molecule has 0 aromatic heterocycles. The standard InChI is InChI=1S/C12H21NO3/c1-10(2)12(15)16-9-7-5-4-6-8-11(14)13-3/h1,4-9H2,2-3H3,(H,13,14). The molecule has 0 aliphatic rings. The Bertz CT molecular complexity index is 249. The first-order valence-electron chi connectivity index (χ1n) is 5.61. The minimum atomic E-state index is -0.328. The number of carbonyl (C=O) groups excluding carboxylic acids is 2. The van der Waals surface area contributed by atoms with E-state index in [0.717, 1.165) is 25.7 Å². The van der Waals surface area contributed by atoms with Crippen LogP contribution in [-0.4, -0.2) is 25.5 Å². The molecule has 0 bridgehead atoms. The molecule has 0 radical (unpaired) electrons. The molecule has 1 amide bonds. The van der Waals surface area contributed by atoms with Crippen molar-refractivity contribution >= 4 is 11.9 Å². The molecule has 0 aromatic rings. The molecular formula is C12H21NO3. The molecule has 4 nitrogen and oxygen atoms in total. The maximum Gasteiger partial charge on any atom is 0.333 e. The number of rotatable bonds is 8. The van der Waals surface area contributed by atoms with Gasteiger partial charge >= 0.3 is 5.97 Å². The number of esters is 1. The van der Waals surface area contributed by atoms with E-state index in [1.165, 1.54) is 0 Å². The van der Waals surface area contributed by atoms with E-state index in [1.54, 1.807) is 14.0 Å². The number of hydrogen-bond acceptors (Lipinski definition) is 3. The smallest absolute Gasteiger partial charge is 0.333 e. The zero-order valence-corrected chi connectivity index (χ0v) is 10.2. The summed E-state index contributed by atoms with van der Waals surface area (Å²) in [6.07, 6.45) is 4.25. The van der Waals surface area contributed by atoms with Crippen molar-refractivity contribution in [1.29, 1.82) is 0 Å². The Balaban J connectivity index is 3.25. The number of unbranched alkanes of at least 4 members (excludes halogenated alkanes) is 3. The van der Waals surface area contributed by atoms with Gasteiger partial charge in [-0.05, 0) is 19.8 Å². The molecule has 0 saturated carbocycles. The second kappa shape index (κ2) is 8.95. The van der Waals surface area contributed by atoms with Crippen molar-refractivity contribution < 1.29 is 14.3 Å². The molecule has 0 spiro atoms. The largest absolute Gasteiger partial charge is 0.462 e. The molecule has 0 heterocycles. The van der Waals surface area contributed by atoms with E-state index < -0.39 is 0 Å². The number of hydrogen-bond donors (Lipinski definition) is 1. The lowest BCUT2D eigenvalue weighted by Gasteiger charge is -2.04. The van der Waals surface area contributed by atoms with Crippen LogP contribution in [0, 0.1) is 0 Å². The minimum Gasteiger partial charge on any atom is -0.462 e. The fourth-order valence-electron chi connectivity index (χ4n) is 1.15. The lowest BCUT2D eigenvalue weighted by molar-refractivity contribution is -0.139. The summed E-state index contributed by atoms with van der Waals surface area (Å²) in [5.74, 6) is -0.251. The summed E-state index contributed by atoms with van der Waals surface area (Å²) in [5, 5.41) is 2.58. The first-order valence-corrected chi connectivity index (χ1v) is 5.61. The molecular weight excluding hydrogens is 206 g/mol. The maximum absolute atomic E-state index is 11.0. The molecule has 0 rings (SSSR count). The van der Waals surface area contributed by atoms with Crippen molar-refractivity contribution in [2.75, 3.05) is 13.7 Å². The van der Waals surface area contributed by atoms with Crippen molar-refractivity contribution in [2.45, 2.75) is 39.0 Å². The second-order valence-corrected chi connectivity index (χ2v) is 3.75. The highest BCUT2D eigenvalue weighted by Gasteiger charge is 2.02. The van der Waals surface area contributed by atoms with Crippen LogP contribution in [0.15, 0.2) is 12.2 Å². The van der Waals surface area contributed by atoms with Crippen molar-refractivity contribution in [3.8, 4) is 0 Å². The van der Waals surface area contributed by atoms with Crippen LogP contribution in [0.4, 0.5) is 0 Å². The maximum atomic E-state index is 11.0. The molecule has 0 saturated heterocycles. The quantitative estimate of drug-likeness (QED) is 0.391. The van der Waals surface area contributed by atoms with Crippen LogP contribution < -0.4 is 5.32 Å². The molecule has 0 aliphatic carbocycles.